The largest absolute Gasteiger partial charge is 0.348 e. The third-order valence-corrected chi connectivity index (χ3v) is 0.997. The Labute approximate surface area is 59.6 Å². The first-order valence-corrected chi connectivity index (χ1v) is 2.65. The molecular formula is C4H4N4O3. The molecule has 7 nitrogen and oxygen atoms in total. The van der Waals surface area contributed by atoms with Crippen molar-refractivity contribution in [2.75, 3.05) is 5.53 Å². The molecule has 1 heterocycles. The van der Waals surface area contributed by atoms with Crippen LogP contribution in [0.25, 0.3) is 0 Å². The van der Waals surface area contributed by atoms with Gasteiger partial charge in [-0.3, -0.25) is 4.79 Å². The maximum absolute atomic E-state index is 10.7. The van der Waals surface area contributed by atoms with E-state index in [4.69, 9.17) is 0 Å². The van der Waals surface area contributed by atoms with E-state index in [0.29, 0.717) is 4.68 Å². The molecule has 1 aromatic rings. The Kier molecular flexibility index (Phi) is 1.81. The van der Waals surface area contributed by atoms with Crippen LogP contribution in [0.1, 0.15) is 0 Å². The lowest BCUT2D eigenvalue weighted by atomic mass is 10.7. The molecule has 0 saturated carbocycles. The van der Waals surface area contributed by atoms with Crippen molar-refractivity contribution < 1.29 is 0 Å². The minimum absolute atomic E-state index is 0.451. The first-order chi connectivity index (χ1) is 5.25. The van der Waals surface area contributed by atoms with E-state index in [2.05, 4.69) is 10.3 Å². The van der Waals surface area contributed by atoms with Crippen molar-refractivity contribution in [1.29, 1.82) is 0 Å². The molecule has 0 aliphatic rings. The second-order valence-corrected chi connectivity index (χ2v) is 1.65. The molecule has 11 heavy (non-hydrogen) atoms. The van der Waals surface area contributed by atoms with Gasteiger partial charge in [0.2, 0.25) is 0 Å². The summed E-state index contributed by atoms with van der Waals surface area (Å²) in [5.74, 6) is 0. The SMILES string of the molecule is O=NNn1c(=O)cc[nH]c1=O. The molecule has 2 N–H and O–H groups in total. The van der Waals surface area contributed by atoms with E-state index in [1.165, 1.54) is 6.20 Å². The molecule has 0 spiro atoms. The summed E-state index contributed by atoms with van der Waals surface area (Å²) in [6.07, 6.45) is 1.17. The van der Waals surface area contributed by atoms with Crippen molar-refractivity contribution >= 4 is 0 Å². The van der Waals surface area contributed by atoms with Gasteiger partial charge in [0.1, 0.15) is 0 Å². The summed E-state index contributed by atoms with van der Waals surface area (Å²) < 4.78 is 0.451. The Morgan fingerprint density at radius 3 is 2.82 bits per heavy atom. The molecule has 0 fully saturated rings. The molecule has 1 aromatic heterocycles. The number of hydrogen-bond donors (Lipinski definition) is 2. The van der Waals surface area contributed by atoms with Gasteiger partial charge in [-0.1, -0.05) is 0 Å². The van der Waals surface area contributed by atoms with E-state index < -0.39 is 11.2 Å². The van der Waals surface area contributed by atoms with Crippen LogP contribution in [0.2, 0.25) is 0 Å². The Hall–Kier alpha value is -1.92. The molecule has 0 radical (unpaired) electrons. The van der Waals surface area contributed by atoms with Crippen LogP contribution in [0.15, 0.2) is 27.1 Å². The third-order valence-electron chi connectivity index (χ3n) is 0.997. The summed E-state index contributed by atoms with van der Waals surface area (Å²) in [6, 6.07) is 1.08. The van der Waals surface area contributed by atoms with Gasteiger partial charge >= 0.3 is 5.69 Å². The van der Waals surface area contributed by atoms with Crippen LogP contribution in [0, 0.1) is 4.91 Å². The Balaban J connectivity index is 3.32. The van der Waals surface area contributed by atoms with Crippen molar-refractivity contribution in [3.8, 4) is 0 Å². The Morgan fingerprint density at radius 1 is 1.55 bits per heavy atom. The standard InChI is InChI=1S/C4H4N4O3/c9-3-1-2-5-4(10)8(3)6-7-11/h1-2H,(H,5,10)(H,6,11). The number of nitrogens with zero attached hydrogens (tertiary/aromatic N) is 2. The lowest BCUT2D eigenvalue weighted by molar-refractivity contribution is 0.760. The molecule has 0 bridgehead atoms. The molecule has 58 valence electrons. The van der Waals surface area contributed by atoms with Crippen molar-refractivity contribution in [3.05, 3.63) is 38.0 Å². The molecular weight excluding hydrogens is 152 g/mol. The van der Waals surface area contributed by atoms with Gasteiger partial charge < -0.3 is 4.98 Å². The van der Waals surface area contributed by atoms with Crippen LogP contribution in [0.5, 0.6) is 0 Å². The lowest BCUT2D eigenvalue weighted by Crippen LogP contribution is -2.38. The van der Waals surface area contributed by atoms with Crippen molar-refractivity contribution in [2.24, 2.45) is 5.29 Å². The van der Waals surface area contributed by atoms with Gasteiger partial charge in [-0.25, -0.2) is 4.79 Å². The lowest BCUT2D eigenvalue weighted by Gasteiger charge is -1.95. The summed E-state index contributed by atoms with van der Waals surface area (Å²) in [6.45, 7) is 0. The maximum Gasteiger partial charge on any atom is 0.348 e. The van der Waals surface area contributed by atoms with E-state index in [1.54, 1.807) is 5.53 Å². The number of aromatic nitrogens is 2. The predicted molar refractivity (Wildman–Crippen MR) is 36.5 cm³/mol. The molecule has 0 aliphatic carbocycles. The highest BCUT2D eigenvalue weighted by Crippen LogP contribution is 1.62. The number of nitroso groups, excluding NO2 is 1. The molecule has 7 heteroatoms. The van der Waals surface area contributed by atoms with Crippen LogP contribution >= 0.6 is 0 Å². The normalized spacial score (nSPS) is 9.09. The fourth-order valence-corrected chi connectivity index (χ4v) is 0.559. The van der Waals surface area contributed by atoms with Gasteiger partial charge in [-0.15, -0.1) is 9.58 Å². The van der Waals surface area contributed by atoms with Crippen LogP contribution in [0.3, 0.4) is 0 Å². The summed E-state index contributed by atoms with van der Waals surface area (Å²) in [5.41, 5.74) is 0.290. The van der Waals surface area contributed by atoms with Gasteiger partial charge in [-0.05, 0) is 0 Å². The second-order valence-electron chi connectivity index (χ2n) is 1.65. The number of hydrogen-bond acceptors (Lipinski definition) is 4. The average Bonchev–Trinajstić information content (AvgIpc) is 1.97. The van der Waals surface area contributed by atoms with E-state index in [9.17, 15) is 14.5 Å². The summed E-state index contributed by atoms with van der Waals surface area (Å²) in [4.78, 5) is 33.2. The number of aromatic amines is 1. The topological polar surface area (TPSA) is 96.3 Å². The summed E-state index contributed by atoms with van der Waals surface area (Å²) >= 11 is 0. The first-order valence-electron chi connectivity index (χ1n) is 2.65. The molecule has 0 atom stereocenters. The smallest absolute Gasteiger partial charge is 0.312 e. The van der Waals surface area contributed by atoms with Crippen molar-refractivity contribution in [1.82, 2.24) is 9.66 Å². The third kappa shape index (κ3) is 1.31. The van der Waals surface area contributed by atoms with E-state index in [0.717, 1.165) is 6.07 Å². The number of nitrogens with one attached hydrogen (secondary N) is 2. The quantitative estimate of drug-likeness (QED) is 0.413. The molecule has 0 aromatic carbocycles. The Morgan fingerprint density at radius 2 is 2.27 bits per heavy atom. The van der Waals surface area contributed by atoms with E-state index in [1.807, 2.05) is 0 Å². The molecule has 0 aliphatic heterocycles. The van der Waals surface area contributed by atoms with Gasteiger partial charge in [0.25, 0.3) is 5.56 Å². The van der Waals surface area contributed by atoms with Gasteiger partial charge in [0.15, 0.2) is 0 Å². The number of H-pyrrole nitrogens is 1. The fourth-order valence-electron chi connectivity index (χ4n) is 0.559. The zero-order valence-corrected chi connectivity index (χ0v) is 5.27. The maximum atomic E-state index is 10.7. The predicted octanol–water partition coefficient (Wildman–Crippen LogP) is -1.24. The summed E-state index contributed by atoms with van der Waals surface area (Å²) in [5, 5.41) is 2.17. The van der Waals surface area contributed by atoms with E-state index in [-0.39, 0.29) is 0 Å². The zero-order chi connectivity index (χ0) is 8.27. The first kappa shape index (κ1) is 7.19. The minimum Gasteiger partial charge on any atom is -0.312 e. The highest BCUT2D eigenvalue weighted by Gasteiger charge is 1.95. The Bertz CT molecular complexity index is 336. The van der Waals surface area contributed by atoms with Crippen molar-refractivity contribution in [2.45, 2.75) is 0 Å². The molecule has 0 amide bonds. The molecule has 1 rings (SSSR count). The van der Waals surface area contributed by atoms with Crippen LogP contribution in [0.4, 0.5) is 0 Å². The molecule has 0 saturated heterocycles. The molecule has 0 unspecified atom stereocenters. The highest BCUT2D eigenvalue weighted by atomic mass is 16.3. The summed E-state index contributed by atoms with van der Waals surface area (Å²) in [7, 11) is 0. The zero-order valence-electron chi connectivity index (χ0n) is 5.27. The van der Waals surface area contributed by atoms with Gasteiger partial charge in [0.05, 0.1) is 5.29 Å². The highest BCUT2D eigenvalue weighted by molar-refractivity contribution is 4.84. The van der Waals surface area contributed by atoms with Crippen LogP contribution < -0.4 is 16.8 Å². The van der Waals surface area contributed by atoms with Gasteiger partial charge in [0, 0.05) is 12.3 Å². The average molecular weight is 156 g/mol. The van der Waals surface area contributed by atoms with E-state index >= 15 is 0 Å². The van der Waals surface area contributed by atoms with Gasteiger partial charge in [-0.2, -0.15) is 5.53 Å². The number of rotatable bonds is 2. The second kappa shape index (κ2) is 2.78. The minimum atomic E-state index is -0.739. The van der Waals surface area contributed by atoms with Crippen molar-refractivity contribution in [3.63, 3.8) is 0 Å². The van der Waals surface area contributed by atoms with Crippen LogP contribution in [-0.2, 0) is 0 Å². The fraction of sp³-hybridized carbons (Fsp3) is 0. The van der Waals surface area contributed by atoms with Crippen LogP contribution in [-0.4, -0.2) is 9.66 Å². The monoisotopic (exact) mass is 156 g/mol.